The van der Waals surface area contributed by atoms with Crippen molar-refractivity contribution in [2.24, 2.45) is 7.05 Å². The Kier molecular flexibility index (Phi) is 2.94. The van der Waals surface area contributed by atoms with Crippen molar-refractivity contribution in [3.05, 3.63) is 17.0 Å². The van der Waals surface area contributed by atoms with E-state index >= 15 is 0 Å². The van der Waals surface area contributed by atoms with Crippen molar-refractivity contribution in [2.45, 2.75) is 25.3 Å². The number of aromatic nitrogens is 2. The van der Waals surface area contributed by atoms with Gasteiger partial charge in [-0.15, -0.1) is 11.8 Å². The molecule has 88 valence electrons. The van der Waals surface area contributed by atoms with E-state index in [1.54, 1.807) is 11.8 Å². The Bertz CT molecular complexity index is 430. The first-order chi connectivity index (χ1) is 7.50. The van der Waals surface area contributed by atoms with Gasteiger partial charge in [-0.1, -0.05) is 0 Å². The van der Waals surface area contributed by atoms with Crippen LogP contribution in [0.15, 0.2) is 0 Å². The van der Waals surface area contributed by atoms with Gasteiger partial charge in [-0.2, -0.15) is 5.10 Å². The van der Waals surface area contributed by atoms with Gasteiger partial charge in [-0.3, -0.25) is 14.8 Å². The summed E-state index contributed by atoms with van der Waals surface area (Å²) in [5.41, 5.74) is 3.18. The predicted octanol–water partition coefficient (Wildman–Crippen LogP) is 0.825. The molecular weight excluding hydrogens is 226 g/mol. The molecule has 16 heavy (non-hydrogen) atoms. The lowest BCUT2D eigenvalue weighted by molar-refractivity contribution is -0.138. The molecule has 1 aromatic rings. The summed E-state index contributed by atoms with van der Waals surface area (Å²) in [5, 5.41) is 16.4. The summed E-state index contributed by atoms with van der Waals surface area (Å²) < 4.78 is 1.83. The lowest BCUT2D eigenvalue weighted by atomic mass is 10.2. The summed E-state index contributed by atoms with van der Waals surface area (Å²) in [6, 6.07) is -0.450. The van der Waals surface area contributed by atoms with E-state index in [9.17, 15) is 4.79 Å². The van der Waals surface area contributed by atoms with E-state index in [4.69, 9.17) is 5.11 Å². The molecule has 0 saturated carbocycles. The fourth-order valence-corrected chi connectivity index (χ4v) is 3.34. The number of carboxylic acid groups (broad SMARTS) is 1. The van der Waals surface area contributed by atoms with E-state index in [2.05, 4.69) is 10.4 Å². The molecule has 1 fully saturated rings. The van der Waals surface area contributed by atoms with Crippen LogP contribution in [0.5, 0.6) is 0 Å². The van der Waals surface area contributed by atoms with Gasteiger partial charge in [0, 0.05) is 24.1 Å². The summed E-state index contributed by atoms with van der Waals surface area (Å²) in [4.78, 5) is 10.9. The predicted molar refractivity (Wildman–Crippen MR) is 62.4 cm³/mol. The molecule has 1 aromatic heterocycles. The Labute approximate surface area is 98.2 Å². The SMILES string of the molecule is Cc1nn(C)c(C)c1C1N[C@H](C(=O)O)CS1. The van der Waals surface area contributed by atoms with Crippen LogP contribution in [0.3, 0.4) is 0 Å². The van der Waals surface area contributed by atoms with Crippen molar-refractivity contribution in [3.63, 3.8) is 0 Å². The zero-order valence-electron chi connectivity index (χ0n) is 9.52. The first-order valence-corrected chi connectivity index (χ1v) is 6.16. The minimum atomic E-state index is -0.783. The largest absolute Gasteiger partial charge is 0.480 e. The van der Waals surface area contributed by atoms with Crippen molar-refractivity contribution in [2.75, 3.05) is 5.75 Å². The van der Waals surface area contributed by atoms with E-state index in [1.165, 1.54) is 0 Å². The molecule has 0 spiro atoms. The number of thioether (sulfide) groups is 1. The van der Waals surface area contributed by atoms with E-state index in [0.717, 1.165) is 17.0 Å². The maximum Gasteiger partial charge on any atom is 0.321 e. The highest BCUT2D eigenvalue weighted by Crippen LogP contribution is 2.35. The molecule has 0 radical (unpaired) electrons. The Morgan fingerprint density at radius 3 is 2.75 bits per heavy atom. The molecule has 2 heterocycles. The lowest BCUT2D eigenvalue weighted by Crippen LogP contribution is -2.33. The standard InChI is InChI=1S/C10H15N3O2S/c1-5-8(6(2)13(3)12-5)9-11-7(4-16-9)10(14)15/h7,9,11H,4H2,1-3H3,(H,14,15)/t7-,9?/m0/s1. The third kappa shape index (κ3) is 1.82. The van der Waals surface area contributed by atoms with Crippen molar-refractivity contribution < 1.29 is 9.90 Å². The minimum Gasteiger partial charge on any atom is -0.480 e. The fraction of sp³-hybridized carbons (Fsp3) is 0.600. The number of carboxylic acids is 1. The third-order valence-electron chi connectivity index (χ3n) is 2.91. The molecule has 0 amide bonds. The van der Waals surface area contributed by atoms with Crippen LogP contribution in [0.1, 0.15) is 22.3 Å². The van der Waals surface area contributed by atoms with Crippen LogP contribution in [0.4, 0.5) is 0 Å². The molecule has 0 bridgehead atoms. The van der Waals surface area contributed by atoms with E-state index < -0.39 is 12.0 Å². The van der Waals surface area contributed by atoms with Gasteiger partial charge >= 0.3 is 5.97 Å². The molecule has 1 aliphatic rings. The van der Waals surface area contributed by atoms with Crippen LogP contribution in [0.25, 0.3) is 0 Å². The van der Waals surface area contributed by atoms with Gasteiger partial charge in [0.2, 0.25) is 0 Å². The molecule has 1 unspecified atom stereocenters. The second kappa shape index (κ2) is 4.10. The monoisotopic (exact) mass is 241 g/mol. The molecule has 5 nitrogen and oxygen atoms in total. The maximum absolute atomic E-state index is 10.9. The number of aliphatic carboxylic acids is 1. The van der Waals surface area contributed by atoms with Crippen molar-refractivity contribution in [1.82, 2.24) is 15.1 Å². The molecule has 0 aliphatic carbocycles. The average molecular weight is 241 g/mol. The van der Waals surface area contributed by atoms with Gasteiger partial charge in [-0.25, -0.2) is 0 Å². The Morgan fingerprint density at radius 2 is 2.31 bits per heavy atom. The first-order valence-electron chi connectivity index (χ1n) is 5.11. The van der Waals surface area contributed by atoms with Crippen molar-refractivity contribution in [3.8, 4) is 0 Å². The van der Waals surface area contributed by atoms with Gasteiger partial charge in [0.15, 0.2) is 0 Å². The highest BCUT2D eigenvalue weighted by molar-refractivity contribution is 7.99. The summed E-state index contributed by atoms with van der Waals surface area (Å²) >= 11 is 1.63. The van der Waals surface area contributed by atoms with E-state index in [0.29, 0.717) is 5.75 Å². The topological polar surface area (TPSA) is 67.2 Å². The van der Waals surface area contributed by atoms with Gasteiger partial charge in [-0.05, 0) is 13.8 Å². The fourth-order valence-electron chi connectivity index (χ4n) is 1.95. The molecule has 2 rings (SSSR count). The normalized spacial score (nSPS) is 24.9. The van der Waals surface area contributed by atoms with Crippen molar-refractivity contribution >= 4 is 17.7 Å². The number of aryl methyl sites for hydroxylation is 2. The number of nitrogens with one attached hydrogen (secondary N) is 1. The minimum absolute atomic E-state index is 0.0507. The third-order valence-corrected chi connectivity index (χ3v) is 4.14. The highest BCUT2D eigenvalue weighted by Gasteiger charge is 2.33. The van der Waals surface area contributed by atoms with Crippen molar-refractivity contribution in [1.29, 1.82) is 0 Å². The van der Waals surface area contributed by atoms with Gasteiger partial charge in [0.05, 0.1) is 11.1 Å². The van der Waals surface area contributed by atoms with E-state index in [1.807, 2.05) is 25.6 Å². The number of hydrogen-bond donors (Lipinski definition) is 2. The van der Waals surface area contributed by atoms with Crippen LogP contribution in [0, 0.1) is 13.8 Å². The van der Waals surface area contributed by atoms with Crippen LogP contribution in [0.2, 0.25) is 0 Å². The second-order valence-electron chi connectivity index (χ2n) is 3.98. The number of rotatable bonds is 2. The average Bonchev–Trinajstić information content (AvgIpc) is 2.74. The molecule has 1 saturated heterocycles. The summed E-state index contributed by atoms with van der Waals surface area (Å²) in [7, 11) is 1.90. The second-order valence-corrected chi connectivity index (χ2v) is 5.12. The van der Waals surface area contributed by atoms with Crippen LogP contribution in [-0.4, -0.2) is 32.7 Å². The van der Waals surface area contributed by atoms with Gasteiger partial charge < -0.3 is 5.11 Å². The number of carbonyl (C=O) groups is 1. The Morgan fingerprint density at radius 1 is 1.62 bits per heavy atom. The summed E-state index contributed by atoms with van der Waals surface area (Å²) in [5.74, 6) is -0.178. The quantitative estimate of drug-likeness (QED) is 0.802. The number of nitrogens with zero attached hydrogens (tertiary/aromatic N) is 2. The van der Waals surface area contributed by atoms with Crippen LogP contribution < -0.4 is 5.32 Å². The highest BCUT2D eigenvalue weighted by atomic mass is 32.2. The molecule has 2 N–H and O–H groups in total. The maximum atomic E-state index is 10.9. The van der Waals surface area contributed by atoms with Gasteiger partial charge in [0.25, 0.3) is 0 Å². The zero-order chi connectivity index (χ0) is 11.9. The molecule has 0 aromatic carbocycles. The van der Waals surface area contributed by atoms with Gasteiger partial charge in [0.1, 0.15) is 6.04 Å². The Balaban J connectivity index is 2.23. The molecule has 2 atom stereocenters. The smallest absolute Gasteiger partial charge is 0.321 e. The zero-order valence-corrected chi connectivity index (χ0v) is 10.3. The summed E-state index contributed by atoms with van der Waals surface area (Å²) in [6.07, 6.45) is 0. The van der Waals surface area contributed by atoms with E-state index in [-0.39, 0.29) is 5.37 Å². The van der Waals surface area contributed by atoms with Crippen LogP contribution >= 0.6 is 11.8 Å². The first kappa shape index (κ1) is 11.5. The number of hydrogen-bond acceptors (Lipinski definition) is 4. The molecule has 1 aliphatic heterocycles. The Hall–Kier alpha value is -1.01. The molecular formula is C10H15N3O2S. The molecule has 6 heteroatoms. The lowest BCUT2D eigenvalue weighted by Gasteiger charge is -2.11. The van der Waals surface area contributed by atoms with Crippen LogP contribution in [-0.2, 0) is 11.8 Å². The summed E-state index contributed by atoms with van der Waals surface area (Å²) in [6.45, 7) is 3.96.